The summed E-state index contributed by atoms with van der Waals surface area (Å²) in [6.07, 6.45) is 0.562. The monoisotopic (exact) mass is 160 g/mol. The Morgan fingerprint density at radius 1 is 1.42 bits per heavy atom. The van der Waals surface area contributed by atoms with Gasteiger partial charge in [0, 0.05) is 0 Å². The molecule has 0 aliphatic carbocycles. The molecule has 0 atom stereocenters. The molecular weight excluding hydrogens is 152 g/mol. The summed E-state index contributed by atoms with van der Waals surface area (Å²) in [5.74, 6) is 5.69. The highest BCUT2D eigenvalue weighted by Gasteiger charge is 1.95. The molecule has 0 aliphatic heterocycles. The minimum Gasteiger partial charge on any atom is -0.495 e. The highest BCUT2D eigenvalue weighted by molar-refractivity contribution is 5.74. The predicted molar refractivity (Wildman–Crippen MR) is 45.9 cm³/mol. The quantitative estimate of drug-likeness (QED) is 0.456. The second kappa shape index (κ2) is 4.20. The van der Waals surface area contributed by atoms with Gasteiger partial charge in [-0.05, 0) is 18.1 Å². The van der Waals surface area contributed by atoms with Gasteiger partial charge in [0.1, 0.15) is 5.75 Å². The largest absolute Gasteiger partial charge is 0.495 e. The fourth-order valence-corrected chi connectivity index (χ4v) is 0.855. The molecule has 0 aliphatic rings. The zero-order chi connectivity index (χ0) is 8.81. The minimum absolute atomic E-state index is 0.562. The molecule has 0 aromatic heterocycles. The third-order valence-electron chi connectivity index (χ3n) is 1.37. The molecule has 1 rings (SSSR count). The van der Waals surface area contributed by atoms with Crippen LogP contribution in [0.5, 0.6) is 5.75 Å². The van der Waals surface area contributed by atoms with Crippen molar-refractivity contribution < 1.29 is 9.53 Å². The Kier molecular flexibility index (Phi) is 2.92. The fourth-order valence-electron chi connectivity index (χ4n) is 0.855. The summed E-state index contributed by atoms with van der Waals surface area (Å²) >= 11 is 0. The van der Waals surface area contributed by atoms with Crippen LogP contribution in [-0.4, -0.2) is 13.4 Å². The summed E-state index contributed by atoms with van der Waals surface area (Å²) in [7, 11) is 1.57. The average molecular weight is 160 g/mol. The highest BCUT2D eigenvalue weighted by atomic mass is 16.5. The molecule has 0 saturated heterocycles. The SMILES string of the molecule is COc1ccccc1C#CC=O. The van der Waals surface area contributed by atoms with Gasteiger partial charge in [-0.1, -0.05) is 18.1 Å². The Bertz CT molecular complexity index is 331. The predicted octanol–water partition coefficient (Wildman–Crippen LogP) is 1.25. The molecule has 0 unspecified atom stereocenters. The second-order valence-electron chi connectivity index (χ2n) is 2.09. The van der Waals surface area contributed by atoms with Gasteiger partial charge in [-0.25, -0.2) is 0 Å². The number of carbonyl (C=O) groups is 1. The summed E-state index contributed by atoms with van der Waals surface area (Å²) in [5, 5.41) is 0. The number of ether oxygens (including phenoxy) is 1. The summed E-state index contributed by atoms with van der Waals surface area (Å²) in [6.45, 7) is 0. The van der Waals surface area contributed by atoms with Crippen LogP contribution in [0.25, 0.3) is 0 Å². The topological polar surface area (TPSA) is 26.3 Å². The van der Waals surface area contributed by atoms with Crippen LogP contribution in [0.4, 0.5) is 0 Å². The van der Waals surface area contributed by atoms with Crippen LogP contribution in [0.1, 0.15) is 5.56 Å². The molecular formula is C10H8O2. The lowest BCUT2D eigenvalue weighted by molar-refractivity contribution is -0.103. The van der Waals surface area contributed by atoms with E-state index in [0.29, 0.717) is 12.0 Å². The van der Waals surface area contributed by atoms with Gasteiger partial charge in [-0.3, -0.25) is 4.79 Å². The molecule has 0 bridgehead atoms. The molecule has 2 nitrogen and oxygen atoms in total. The Morgan fingerprint density at radius 3 is 2.83 bits per heavy atom. The first-order valence-corrected chi connectivity index (χ1v) is 3.46. The van der Waals surface area contributed by atoms with Crippen LogP contribution in [0, 0.1) is 11.8 Å². The lowest BCUT2D eigenvalue weighted by atomic mass is 10.2. The molecule has 0 radical (unpaired) electrons. The first kappa shape index (κ1) is 8.35. The number of rotatable bonds is 1. The van der Waals surface area contributed by atoms with Gasteiger partial charge < -0.3 is 4.74 Å². The van der Waals surface area contributed by atoms with Crippen molar-refractivity contribution in [2.45, 2.75) is 0 Å². The molecule has 0 amide bonds. The van der Waals surface area contributed by atoms with Crippen molar-refractivity contribution in [3.8, 4) is 17.6 Å². The number of methoxy groups -OCH3 is 1. The smallest absolute Gasteiger partial charge is 0.193 e. The molecule has 0 heterocycles. The molecule has 0 N–H and O–H groups in total. The van der Waals surface area contributed by atoms with Crippen molar-refractivity contribution in [1.82, 2.24) is 0 Å². The zero-order valence-corrected chi connectivity index (χ0v) is 6.70. The average Bonchev–Trinajstić information content (AvgIpc) is 2.15. The zero-order valence-electron chi connectivity index (χ0n) is 6.70. The van der Waals surface area contributed by atoms with E-state index in [1.54, 1.807) is 19.2 Å². The number of benzene rings is 1. The maximum atomic E-state index is 9.96. The van der Waals surface area contributed by atoms with Crippen LogP contribution < -0.4 is 4.74 Å². The first-order chi connectivity index (χ1) is 5.88. The van der Waals surface area contributed by atoms with Crippen LogP contribution in [-0.2, 0) is 4.79 Å². The molecule has 2 heteroatoms. The van der Waals surface area contributed by atoms with Gasteiger partial charge >= 0.3 is 0 Å². The van der Waals surface area contributed by atoms with Crippen LogP contribution >= 0.6 is 0 Å². The second-order valence-corrected chi connectivity index (χ2v) is 2.09. The van der Waals surface area contributed by atoms with Crippen LogP contribution in [0.2, 0.25) is 0 Å². The normalized spacial score (nSPS) is 8.08. The lowest BCUT2D eigenvalue weighted by Gasteiger charge is -2.00. The van der Waals surface area contributed by atoms with E-state index in [1.807, 2.05) is 12.1 Å². The Morgan fingerprint density at radius 2 is 2.17 bits per heavy atom. The molecule has 1 aromatic rings. The van der Waals surface area contributed by atoms with Crippen molar-refractivity contribution in [2.24, 2.45) is 0 Å². The van der Waals surface area contributed by atoms with Gasteiger partial charge in [-0.15, -0.1) is 0 Å². The Labute approximate surface area is 71.2 Å². The van der Waals surface area contributed by atoms with Crippen molar-refractivity contribution in [1.29, 1.82) is 0 Å². The number of hydrogen-bond donors (Lipinski definition) is 0. The van der Waals surface area contributed by atoms with Crippen LogP contribution in [0.15, 0.2) is 24.3 Å². The number of hydrogen-bond acceptors (Lipinski definition) is 2. The Balaban J connectivity index is 3.04. The van der Waals surface area contributed by atoms with E-state index in [4.69, 9.17) is 4.74 Å². The summed E-state index contributed by atoms with van der Waals surface area (Å²) in [4.78, 5) is 9.96. The van der Waals surface area contributed by atoms with Gasteiger partial charge in [0.25, 0.3) is 0 Å². The maximum Gasteiger partial charge on any atom is 0.193 e. The van der Waals surface area contributed by atoms with Crippen molar-refractivity contribution in [3.63, 3.8) is 0 Å². The van der Waals surface area contributed by atoms with E-state index in [9.17, 15) is 4.79 Å². The molecule has 60 valence electrons. The third-order valence-corrected chi connectivity index (χ3v) is 1.37. The van der Waals surface area contributed by atoms with Gasteiger partial charge in [0.2, 0.25) is 0 Å². The van der Waals surface area contributed by atoms with Gasteiger partial charge in [0.15, 0.2) is 6.29 Å². The fraction of sp³-hybridized carbons (Fsp3) is 0.100. The van der Waals surface area contributed by atoms with E-state index >= 15 is 0 Å². The number of para-hydroxylation sites is 1. The van der Waals surface area contributed by atoms with Crippen molar-refractivity contribution in [2.75, 3.05) is 7.11 Å². The summed E-state index contributed by atoms with van der Waals surface area (Å²) < 4.78 is 5.02. The van der Waals surface area contributed by atoms with E-state index < -0.39 is 0 Å². The lowest BCUT2D eigenvalue weighted by Crippen LogP contribution is -1.86. The molecule has 1 aromatic carbocycles. The summed E-state index contributed by atoms with van der Waals surface area (Å²) in [6, 6.07) is 7.30. The standard InChI is InChI=1S/C10H8O2/c1-12-10-7-3-2-5-9(10)6-4-8-11/h2-3,5,7-8H,1H3. The van der Waals surface area contributed by atoms with Gasteiger partial charge in [0.05, 0.1) is 12.7 Å². The number of aldehydes is 1. The van der Waals surface area contributed by atoms with E-state index in [2.05, 4.69) is 11.8 Å². The van der Waals surface area contributed by atoms with Crippen molar-refractivity contribution in [3.05, 3.63) is 29.8 Å². The van der Waals surface area contributed by atoms with Gasteiger partial charge in [-0.2, -0.15) is 0 Å². The molecule has 12 heavy (non-hydrogen) atoms. The van der Waals surface area contributed by atoms with E-state index in [0.717, 1.165) is 5.56 Å². The van der Waals surface area contributed by atoms with E-state index in [-0.39, 0.29) is 0 Å². The minimum atomic E-state index is 0.562. The summed E-state index contributed by atoms with van der Waals surface area (Å²) in [5.41, 5.74) is 0.729. The molecule has 0 saturated carbocycles. The third kappa shape index (κ3) is 1.86. The van der Waals surface area contributed by atoms with Crippen molar-refractivity contribution >= 4 is 6.29 Å². The first-order valence-electron chi connectivity index (χ1n) is 3.46. The molecule has 0 fully saturated rings. The van der Waals surface area contributed by atoms with E-state index in [1.165, 1.54) is 0 Å². The Hall–Kier alpha value is -1.75. The highest BCUT2D eigenvalue weighted by Crippen LogP contribution is 2.15. The van der Waals surface area contributed by atoms with Crippen LogP contribution in [0.3, 0.4) is 0 Å². The maximum absolute atomic E-state index is 9.96. The molecule has 0 spiro atoms. The number of carbonyl (C=O) groups excluding carboxylic acids is 1.